The second-order valence-corrected chi connectivity index (χ2v) is 3.57. The Bertz CT molecular complexity index is 209. The highest BCUT2D eigenvalue weighted by Gasteiger charge is 2.42. The van der Waals surface area contributed by atoms with Crippen molar-refractivity contribution in [1.82, 2.24) is 5.48 Å². The molecule has 0 spiro atoms. The molecule has 0 saturated heterocycles. The summed E-state index contributed by atoms with van der Waals surface area (Å²) in [4.78, 5) is 10.9. The molecule has 0 atom stereocenters. The van der Waals surface area contributed by atoms with Gasteiger partial charge < -0.3 is 0 Å². The van der Waals surface area contributed by atoms with Crippen molar-refractivity contribution in [2.24, 2.45) is 11.8 Å². The summed E-state index contributed by atoms with van der Waals surface area (Å²) in [6.45, 7) is 0. The van der Waals surface area contributed by atoms with Gasteiger partial charge in [-0.2, -0.15) is 13.2 Å². The van der Waals surface area contributed by atoms with E-state index in [4.69, 9.17) is 5.21 Å². The van der Waals surface area contributed by atoms with Gasteiger partial charge in [-0.1, -0.05) is 0 Å². The molecule has 1 rings (SSSR count). The maximum atomic E-state index is 12.2. The molecule has 0 radical (unpaired) electrons. The first-order valence-electron chi connectivity index (χ1n) is 4.46. The van der Waals surface area contributed by atoms with Gasteiger partial charge in [-0.15, -0.1) is 0 Å². The van der Waals surface area contributed by atoms with E-state index >= 15 is 0 Å². The Morgan fingerprint density at radius 1 is 1.21 bits per heavy atom. The molecule has 0 bridgehead atoms. The zero-order valence-electron chi connectivity index (χ0n) is 7.47. The van der Waals surface area contributed by atoms with Crippen LogP contribution < -0.4 is 5.48 Å². The van der Waals surface area contributed by atoms with Crippen LogP contribution in [0.25, 0.3) is 0 Å². The van der Waals surface area contributed by atoms with Gasteiger partial charge in [0.25, 0.3) is 0 Å². The van der Waals surface area contributed by atoms with Crippen LogP contribution in [0.2, 0.25) is 0 Å². The third-order valence-corrected chi connectivity index (χ3v) is 2.67. The van der Waals surface area contributed by atoms with Gasteiger partial charge in [-0.25, -0.2) is 5.48 Å². The summed E-state index contributed by atoms with van der Waals surface area (Å²) in [5.74, 6) is -2.34. The standard InChI is InChI=1S/C8H12F3NO2/c9-8(10,11)6-3-1-5(2-4-6)7(13)12-14/h5-6,14H,1-4H2,(H,12,13). The minimum Gasteiger partial charge on any atom is -0.289 e. The number of rotatable bonds is 1. The second kappa shape index (κ2) is 4.16. The molecule has 0 aliphatic heterocycles. The van der Waals surface area contributed by atoms with Gasteiger partial charge in [-0.05, 0) is 25.7 Å². The van der Waals surface area contributed by atoms with E-state index < -0.39 is 23.9 Å². The van der Waals surface area contributed by atoms with Crippen LogP contribution in [0.4, 0.5) is 13.2 Å². The predicted octanol–water partition coefficient (Wildman–Crippen LogP) is 1.86. The van der Waals surface area contributed by atoms with Crippen molar-refractivity contribution in [3.05, 3.63) is 0 Å². The van der Waals surface area contributed by atoms with Crippen molar-refractivity contribution in [2.75, 3.05) is 0 Å². The molecule has 2 N–H and O–H groups in total. The van der Waals surface area contributed by atoms with Crippen LogP contribution in [-0.4, -0.2) is 17.3 Å². The molecule has 14 heavy (non-hydrogen) atoms. The summed E-state index contributed by atoms with van der Waals surface area (Å²) in [5.41, 5.74) is 1.47. The summed E-state index contributed by atoms with van der Waals surface area (Å²) in [6.07, 6.45) is -3.82. The topological polar surface area (TPSA) is 49.3 Å². The maximum absolute atomic E-state index is 12.2. The molecule has 3 nitrogen and oxygen atoms in total. The number of halogens is 3. The Hall–Kier alpha value is -0.780. The summed E-state index contributed by atoms with van der Waals surface area (Å²) in [7, 11) is 0. The van der Waals surface area contributed by atoms with Crippen molar-refractivity contribution in [3.63, 3.8) is 0 Å². The third kappa shape index (κ3) is 2.60. The van der Waals surface area contributed by atoms with Crippen LogP contribution in [0.15, 0.2) is 0 Å². The highest BCUT2D eigenvalue weighted by Crippen LogP contribution is 2.39. The number of amides is 1. The van der Waals surface area contributed by atoms with E-state index in [0.717, 1.165) is 0 Å². The van der Waals surface area contributed by atoms with Gasteiger partial charge in [0, 0.05) is 5.92 Å². The highest BCUT2D eigenvalue weighted by molar-refractivity contribution is 5.77. The van der Waals surface area contributed by atoms with E-state index in [2.05, 4.69) is 0 Å². The van der Waals surface area contributed by atoms with E-state index in [1.165, 1.54) is 5.48 Å². The summed E-state index contributed by atoms with van der Waals surface area (Å²) >= 11 is 0. The monoisotopic (exact) mass is 211 g/mol. The first-order valence-corrected chi connectivity index (χ1v) is 4.46. The number of hydroxylamine groups is 1. The largest absolute Gasteiger partial charge is 0.391 e. The molecule has 1 aliphatic carbocycles. The van der Waals surface area contributed by atoms with Crippen LogP contribution in [0.1, 0.15) is 25.7 Å². The Kier molecular flexibility index (Phi) is 3.36. The van der Waals surface area contributed by atoms with Gasteiger partial charge in [0.1, 0.15) is 0 Å². The van der Waals surface area contributed by atoms with Crippen molar-refractivity contribution < 1.29 is 23.2 Å². The van der Waals surface area contributed by atoms with E-state index in [0.29, 0.717) is 0 Å². The highest BCUT2D eigenvalue weighted by atomic mass is 19.4. The van der Waals surface area contributed by atoms with Crippen molar-refractivity contribution >= 4 is 5.91 Å². The molecule has 0 unspecified atom stereocenters. The minimum atomic E-state index is -4.15. The van der Waals surface area contributed by atoms with Crippen molar-refractivity contribution in [1.29, 1.82) is 0 Å². The molecular weight excluding hydrogens is 199 g/mol. The Balaban J connectivity index is 2.43. The van der Waals surface area contributed by atoms with Crippen LogP contribution in [0, 0.1) is 11.8 Å². The molecular formula is C8H12F3NO2. The lowest BCUT2D eigenvalue weighted by Crippen LogP contribution is -2.34. The van der Waals surface area contributed by atoms with Crippen LogP contribution >= 0.6 is 0 Å². The fourth-order valence-electron chi connectivity index (χ4n) is 1.77. The normalized spacial score (nSPS) is 28.6. The van der Waals surface area contributed by atoms with E-state index in [1.54, 1.807) is 0 Å². The Morgan fingerprint density at radius 3 is 2.07 bits per heavy atom. The molecule has 1 saturated carbocycles. The first kappa shape index (κ1) is 11.3. The molecule has 1 aliphatic rings. The first-order chi connectivity index (χ1) is 6.45. The summed E-state index contributed by atoms with van der Waals surface area (Å²) < 4.78 is 36.6. The van der Waals surface area contributed by atoms with E-state index in [-0.39, 0.29) is 25.7 Å². The molecule has 0 aromatic carbocycles. The fraction of sp³-hybridized carbons (Fsp3) is 0.875. The number of carbonyl (C=O) groups excluding carboxylic acids is 1. The van der Waals surface area contributed by atoms with Crippen LogP contribution in [0.3, 0.4) is 0 Å². The second-order valence-electron chi connectivity index (χ2n) is 3.57. The number of alkyl halides is 3. The predicted molar refractivity (Wildman–Crippen MR) is 41.4 cm³/mol. The van der Waals surface area contributed by atoms with Gasteiger partial charge in [-0.3, -0.25) is 10.0 Å². The lowest BCUT2D eigenvalue weighted by atomic mass is 9.81. The number of nitrogens with one attached hydrogen (secondary N) is 1. The summed E-state index contributed by atoms with van der Waals surface area (Å²) in [6, 6.07) is 0. The van der Waals surface area contributed by atoms with E-state index in [1.807, 2.05) is 0 Å². The minimum absolute atomic E-state index is 0.0262. The van der Waals surface area contributed by atoms with Crippen LogP contribution in [-0.2, 0) is 4.79 Å². The van der Waals surface area contributed by atoms with Crippen molar-refractivity contribution in [2.45, 2.75) is 31.9 Å². The van der Waals surface area contributed by atoms with Gasteiger partial charge in [0.05, 0.1) is 5.92 Å². The Morgan fingerprint density at radius 2 is 1.71 bits per heavy atom. The lowest BCUT2D eigenvalue weighted by Gasteiger charge is -2.28. The van der Waals surface area contributed by atoms with Gasteiger partial charge >= 0.3 is 6.18 Å². The smallest absolute Gasteiger partial charge is 0.289 e. The number of carbonyl (C=O) groups is 1. The quantitative estimate of drug-likeness (QED) is 0.513. The number of hydrogen-bond acceptors (Lipinski definition) is 2. The Labute approximate surface area is 79.2 Å². The lowest BCUT2D eigenvalue weighted by molar-refractivity contribution is -0.185. The molecule has 0 aromatic heterocycles. The number of hydrogen-bond donors (Lipinski definition) is 2. The average molecular weight is 211 g/mol. The molecule has 82 valence electrons. The zero-order valence-corrected chi connectivity index (χ0v) is 7.47. The van der Waals surface area contributed by atoms with Crippen molar-refractivity contribution in [3.8, 4) is 0 Å². The third-order valence-electron chi connectivity index (χ3n) is 2.67. The molecule has 6 heteroatoms. The molecule has 1 amide bonds. The average Bonchev–Trinajstić information content (AvgIpc) is 2.15. The molecule has 0 heterocycles. The molecule has 1 fully saturated rings. The van der Waals surface area contributed by atoms with Gasteiger partial charge in [0.2, 0.25) is 5.91 Å². The van der Waals surface area contributed by atoms with E-state index in [9.17, 15) is 18.0 Å². The zero-order chi connectivity index (χ0) is 10.8. The summed E-state index contributed by atoms with van der Waals surface area (Å²) in [5, 5.41) is 8.29. The van der Waals surface area contributed by atoms with Crippen LogP contribution in [0.5, 0.6) is 0 Å². The maximum Gasteiger partial charge on any atom is 0.391 e. The molecule has 0 aromatic rings. The van der Waals surface area contributed by atoms with Gasteiger partial charge in [0.15, 0.2) is 0 Å². The SMILES string of the molecule is O=C(NO)C1CCC(C(F)(F)F)CC1. The fourth-order valence-corrected chi connectivity index (χ4v) is 1.77.